The molecule has 0 saturated carbocycles. The number of furan rings is 1. The normalized spacial score (nSPS) is 11.9. The van der Waals surface area contributed by atoms with Crippen molar-refractivity contribution in [1.29, 1.82) is 0 Å². The Balaban J connectivity index is 1.49. The highest BCUT2D eigenvalue weighted by molar-refractivity contribution is 6.40. The second-order valence-electron chi connectivity index (χ2n) is 10.4. The largest absolute Gasteiger partial charge is 0.455 e. The van der Waals surface area contributed by atoms with Gasteiger partial charge in [0.25, 0.3) is 0 Å². The minimum atomic E-state index is 0.597. The predicted octanol–water partition coefficient (Wildman–Crippen LogP) is 9.67. The van der Waals surface area contributed by atoms with Gasteiger partial charge in [-0.05, 0) is 33.0 Å². The molecule has 0 atom stereocenters. The number of benzene rings is 7. The topological polar surface area (TPSA) is 51.8 Å². The number of aromatic nitrogens is 3. The van der Waals surface area contributed by atoms with Crippen LogP contribution in [-0.2, 0) is 0 Å². The van der Waals surface area contributed by atoms with Crippen LogP contribution < -0.4 is 0 Å². The Bertz CT molecular complexity index is 2350. The number of hydrogen-bond donors (Lipinski definition) is 0. The lowest BCUT2D eigenvalue weighted by Crippen LogP contribution is -2.01. The molecule has 0 saturated heterocycles. The molecule has 9 rings (SSSR count). The summed E-state index contributed by atoms with van der Waals surface area (Å²) < 4.78 is 6.77. The van der Waals surface area contributed by atoms with Crippen molar-refractivity contribution in [3.63, 3.8) is 0 Å². The molecule has 0 unspecified atom stereocenters. The monoisotopic (exact) mass is 523 g/mol. The fourth-order valence-electron chi connectivity index (χ4n) is 6.32. The van der Waals surface area contributed by atoms with Crippen LogP contribution in [0.25, 0.3) is 88.4 Å². The van der Waals surface area contributed by atoms with Gasteiger partial charge in [-0.2, -0.15) is 0 Å². The molecule has 0 spiro atoms. The van der Waals surface area contributed by atoms with Gasteiger partial charge < -0.3 is 4.42 Å². The summed E-state index contributed by atoms with van der Waals surface area (Å²) in [5, 5.41) is 9.30. The molecule has 41 heavy (non-hydrogen) atoms. The van der Waals surface area contributed by atoms with Gasteiger partial charge in [0.1, 0.15) is 11.2 Å². The zero-order valence-electron chi connectivity index (χ0n) is 21.9. The van der Waals surface area contributed by atoms with Crippen LogP contribution in [0.5, 0.6) is 0 Å². The zero-order chi connectivity index (χ0) is 26.9. The summed E-state index contributed by atoms with van der Waals surface area (Å²) in [6.07, 6.45) is 0. The Morgan fingerprint density at radius 1 is 0.366 bits per heavy atom. The molecule has 2 heterocycles. The Hall–Kier alpha value is -5.61. The molecule has 9 aromatic rings. The predicted molar refractivity (Wildman–Crippen MR) is 167 cm³/mol. The lowest BCUT2D eigenvalue weighted by molar-refractivity contribution is 0.670. The van der Waals surface area contributed by atoms with Crippen molar-refractivity contribution in [1.82, 2.24) is 15.0 Å². The van der Waals surface area contributed by atoms with E-state index in [4.69, 9.17) is 19.4 Å². The highest BCUT2D eigenvalue weighted by Crippen LogP contribution is 2.49. The van der Waals surface area contributed by atoms with Crippen LogP contribution in [0.3, 0.4) is 0 Å². The fraction of sp³-hybridized carbons (Fsp3) is 0. The van der Waals surface area contributed by atoms with Gasteiger partial charge in [-0.25, -0.2) is 15.0 Å². The van der Waals surface area contributed by atoms with Gasteiger partial charge in [-0.15, -0.1) is 0 Å². The quantitative estimate of drug-likeness (QED) is 0.216. The van der Waals surface area contributed by atoms with Crippen LogP contribution in [0.4, 0.5) is 0 Å². The van der Waals surface area contributed by atoms with E-state index in [1.807, 2.05) is 60.7 Å². The number of nitrogens with zero attached hydrogens (tertiary/aromatic N) is 3. The van der Waals surface area contributed by atoms with Crippen molar-refractivity contribution in [2.24, 2.45) is 0 Å². The van der Waals surface area contributed by atoms with Gasteiger partial charge in [0, 0.05) is 27.3 Å². The summed E-state index contributed by atoms with van der Waals surface area (Å²) in [6.45, 7) is 0. The Morgan fingerprint density at radius 3 is 1.51 bits per heavy atom. The second-order valence-corrected chi connectivity index (χ2v) is 10.4. The van der Waals surface area contributed by atoms with Crippen molar-refractivity contribution in [2.75, 3.05) is 0 Å². The van der Waals surface area contributed by atoms with Crippen molar-refractivity contribution >= 4 is 54.3 Å². The van der Waals surface area contributed by atoms with E-state index in [1.54, 1.807) is 0 Å². The summed E-state index contributed by atoms with van der Waals surface area (Å²) in [7, 11) is 0. The smallest absolute Gasteiger partial charge is 0.168 e. The van der Waals surface area contributed by atoms with Crippen LogP contribution in [0.15, 0.2) is 132 Å². The van der Waals surface area contributed by atoms with Crippen LogP contribution in [0.1, 0.15) is 0 Å². The first kappa shape index (κ1) is 22.2. The average Bonchev–Trinajstić information content (AvgIpc) is 3.43. The van der Waals surface area contributed by atoms with Crippen LogP contribution in [0.2, 0.25) is 0 Å². The van der Waals surface area contributed by atoms with Crippen LogP contribution in [-0.4, -0.2) is 15.0 Å². The van der Waals surface area contributed by atoms with Gasteiger partial charge in [0.15, 0.2) is 17.5 Å². The third-order valence-corrected chi connectivity index (χ3v) is 8.07. The Morgan fingerprint density at radius 2 is 0.854 bits per heavy atom. The molecular weight excluding hydrogens is 502 g/mol. The third-order valence-electron chi connectivity index (χ3n) is 8.07. The molecule has 0 fully saturated rings. The van der Waals surface area contributed by atoms with Gasteiger partial charge in [-0.3, -0.25) is 0 Å². The minimum absolute atomic E-state index is 0.597. The molecule has 190 valence electrons. The van der Waals surface area contributed by atoms with Gasteiger partial charge in [-0.1, -0.05) is 121 Å². The molecule has 0 amide bonds. The number of fused-ring (bicyclic) bond motifs is 5. The molecule has 0 aliphatic rings. The standard InChI is InChI=1S/C37H21N3O/c1-3-12-22(13-4-1)35-38-36(23-14-5-2-6-15-23)40-37(39-35)32-28-19-10-9-18-27(28)30-25-17-8-7-16-24(25)26-20-11-21-29-31(26)33(30)34(32)41-29/h1-21H. The second kappa shape index (κ2) is 8.44. The van der Waals surface area contributed by atoms with E-state index in [9.17, 15) is 0 Å². The summed E-state index contributed by atoms with van der Waals surface area (Å²) in [4.78, 5) is 15.1. The first-order valence-corrected chi connectivity index (χ1v) is 13.7. The van der Waals surface area contributed by atoms with E-state index in [0.29, 0.717) is 17.5 Å². The highest BCUT2D eigenvalue weighted by atomic mass is 16.3. The molecule has 4 heteroatoms. The van der Waals surface area contributed by atoms with Crippen molar-refractivity contribution in [3.05, 3.63) is 127 Å². The maximum absolute atomic E-state index is 6.77. The van der Waals surface area contributed by atoms with Gasteiger partial charge in [0.2, 0.25) is 0 Å². The van der Waals surface area contributed by atoms with E-state index in [1.165, 1.54) is 21.5 Å². The average molecular weight is 524 g/mol. The number of rotatable bonds is 3. The van der Waals surface area contributed by atoms with E-state index < -0.39 is 0 Å². The third kappa shape index (κ3) is 3.19. The van der Waals surface area contributed by atoms with E-state index in [-0.39, 0.29) is 0 Å². The summed E-state index contributed by atoms with van der Waals surface area (Å²) in [6, 6.07) is 43.7. The summed E-state index contributed by atoms with van der Waals surface area (Å²) in [5.41, 5.74) is 4.43. The highest BCUT2D eigenvalue weighted by Gasteiger charge is 2.25. The Kier molecular flexibility index (Phi) is 4.58. The van der Waals surface area contributed by atoms with E-state index >= 15 is 0 Å². The molecule has 0 N–H and O–H groups in total. The molecule has 7 aromatic carbocycles. The lowest BCUT2D eigenvalue weighted by Gasteiger charge is -2.14. The zero-order valence-corrected chi connectivity index (χ0v) is 21.9. The van der Waals surface area contributed by atoms with Crippen molar-refractivity contribution in [3.8, 4) is 34.2 Å². The molecule has 0 aliphatic heterocycles. The van der Waals surface area contributed by atoms with Gasteiger partial charge >= 0.3 is 0 Å². The maximum Gasteiger partial charge on any atom is 0.168 e. The summed E-state index contributed by atoms with van der Waals surface area (Å²) >= 11 is 0. The van der Waals surface area contributed by atoms with Crippen LogP contribution in [0, 0.1) is 0 Å². The molecule has 0 bridgehead atoms. The molecular formula is C37H21N3O. The molecule has 0 aliphatic carbocycles. The Labute approximate surface area is 234 Å². The van der Waals surface area contributed by atoms with Crippen LogP contribution >= 0.6 is 0 Å². The van der Waals surface area contributed by atoms with E-state index in [2.05, 4.69) is 66.7 Å². The first-order valence-electron chi connectivity index (χ1n) is 13.7. The van der Waals surface area contributed by atoms with E-state index in [0.717, 1.165) is 49.4 Å². The summed E-state index contributed by atoms with van der Waals surface area (Å²) in [5.74, 6) is 1.86. The lowest BCUT2D eigenvalue weighted by atomic mass is 9.89. The number of hydrogen-bond acceptors (Lipinski definition) is 4. The van der Waals surface area contributed by atoms with Crippen molar-refractivity contribution in [2.45, 2.75) is 0 Å². The minimum Gasteiger partial charge on any atom is -0.455 e. The van der Waals surface area contributed by atoms with Gasteiger partial charge in [0.05, 0.1) is 5.56 Å². The first-order chi connectivity index (χ1) is 20.3. The van der Waals surface area contributed by atoms with Crippen molar-refractivity contribution < 1.29 is 4.42 Å². The molecule has 2 aromatic heterocycles. The molecule has 0 radical (unpaired) electrons. The SMILES string of the molecule is c1ccc(-c2nc(-c3ccccc3)nc(-c3c4ccccc4c4c5ccccc5c5cccc6oc3c4c65)n2)cc1. The molecule has 4 nitrogen and oxygen atoms in total. The fourth-order valence-corrected chi connectivity index (χ4v) is 6.32. The maximum atomic E-state index is 6.77.